The molecule has 4 heteroatoms. The second-order valence-electron chi connectivity index (χ2n) is 5.13. The largest absolute Gasteiger partial charge is 0.384 e. The molecule has 1 aromatic carbocycles. The van der Waals surface area contributed by atoms with Crippen LogP contribution in [0.25, 0.3) is 0 Å². The van der Waals surface area contributed by atoms with Gasteiger partial charge in [-0.2, -0.15) is 0 Å². The topological polar surface area (TPSA) is 29.5 Å². The number of carbonyl (C=O) groups is 1. The standard InChI is InChI=1S/C15H20FNO2/c1-19-11-12-3-2-8-17(9-12)10-15(18)13-4-6-14(16)7-5-13/h4-7,12H,2-3,8-11H2,1H3. The van der Waals surface area contributed by atoms with E-state index in [1.807, 2.05) is 0 Å². The lowest BCUT2D eigenvalue weighted by atomic mass is 9.98. The van der Waals surface area contributed by atoms with Crippen LogP contribution in [0, 0.1) is 11.7 Å². The Morgan fingerprint density at radius 1 is 1.42 bits per heavy atom. The van der Waals surface area contributed by atoms with E-state index in [1.165, 1.54) is 12.1 Å². The van der Waals surface area contributed by atoms with Crippen LogP contribution in [0.3, 0.4) is 0 Å². The molecule has 0 aromatic heterocycles. The molecular weight excluding hydrogens is 245 g/mol. The van der Waals surface area contributed by atoms with Gasteiger partial charge in [-0.15, -0.1) is 0 Å². The highest BCUT2D eigenvalue weighted by molar-refractivity contribution is 5.97. The lowest BCUT2D eigenvalue weighted by molar-refractivity contribution is 0.0758. The Balaban J connectivity index is 1.89. The fourth-order valence-electron chi connectivity index (χ4n) is 2.60. The smallest absolute Gasteiger partial charge is 0.176 e. The van der Waals surface area contributed by atoms with Crippen molar-refractivity contribution in [2.45, 2.75) is 12.8 Å². The molecule has 1 aliphatic heterocycles. The number of piperidine rings is 1. The van der Waals surface area contributed by atoms with Crippen LogP contribution in [-0.2, 0) is 4.74 Å². The van der Waals surface area contributed by atoms with Crippen LogP contribution in [-0.4, -0.2) is 44.0 Å². The van der Waals surface area contributed by atoms with Gasteiger partial charge in [0.1, 0.15) is 5.82 Å². The van der Waals surface area contributed by atoms with E-state index < -0.39 is 0 Å². The quantitative estimate of drug-likeness (QED) is 0.765. The van der Waals surface area contributed by atoms with Crippen LogP contribution in [0.15, 0.2) is 24.3 Å². The summed E-state index contributed by atoms with van der Waals surface area (Å²) in [5.74, 6) is 0.257. The fraction of sp³-hybridized carbons (Fsp3) is 0.533. The van der Waals surface area contributed by atoms with Gasteiger partial charge in [-0.25, -0.2) is 4.39 Å². The Bertz CT molecular complexity index is 417. The summed E-state index contributed by atoms with van der Waals surface area (Å²) in [6.45, 7) is 3.01. The molecule has 1 aliphatic rings. The van der Waals surface area contributed by atoms with Crippen molar-refractivity contribution < 1.29 is 13.9 Å². The number of hydrogen-bond acceptors (Lipinski definition) is 3. The first kappa shape index (κ1) is 14.2. The van der Waals surface area contributed by atoms with E-state index in [0.717, 1.165) is 32.5 Å². The Morgan fingerprint density at radius 3 is 2.84 bits per heavy atom. The Hall–Kier alpha value is -1.26. The first-order valence-electron chi connectivity index (χ1n) is 6.69. The zero-order valence-electron chi connectivity index (χ0n) is 11.3. The molecule has 1 aromatic rings. The molecule has 19 heavy (non-hydrogen) atoms. The second-order valence-corrected chi connectivity index (χ2v) is 5.13. The van der Waals surface area contributed by atoms with Crippen molar-refractivity contribution in [3.63, 3.8) is 0 Å². The molecule has 0 aliphatic carbocycles. The molecule has 0 bridgehead atoms. The summed E-state index contributed by atoms with van der Waals surface area (Å²) in [7, 11) is 1.71. The first-order chi connectivity index (χ1) is 9.19. The van der Waals surface area contributed by atoms with Crippen molar-refractivity contribution in [2.24, 2.45) is 5.92 Å². The Morgan fingerprint density at radius 2 is 2.16 bits per heavy atom. The van der Waals surface area contributed by atoms with Gasteiger partial charge in [-0.1, -0.05) is 0 Å². The van der Waals surface area contributed by atoms with E-state index >= 15 is 0 Å². The van der Waals surface area contributed by atoms with E-state index in [1.54, 1.807) is 19.2 Å². The fourth-order valence-corrected chi connectivity index (χ4v) is 2.60. The summed E-state index contributed by atoms with van der Waals surface area (Å²) in [6, 6.07) is 5.76. The third-order valence-electron chi connectivity index (χ3n) is 3.54. The summed E-state index contributed by atoms with van der Waals surface area (Å²) in [5, 5.41) is 0. The summed E-state index contributed by atoms with van der Waals surface area (Å²) >= 11 is 0. The molecule has 2 rings (SSSR count). The number of hydrogen-bond donors (Lipinski definition) is 0. The Kier molecular flexibility index (Phi) is 5.05. The number of nitrogens with zero attached hydrogens (tertiary/aromatic N) is 1. The van der Waals surface area contributed by atoms with Gasteiger partial charge in [0.15, 0.2) is 5.78 Å². The monoisotopic (exact) mass is 265 g/mol. The SMILES string of the molecule is COCC1CCCN(CC(=O)c2ccc(F)cc2)C1. The van der Waals surface area contributed by atoms with Crippen molar-refractivity contribution in [3.05, 3.63) is 35.6 Å². The van der Waals surface area contributed by atoms with Crippen LogP contribution >= 0.6 is 0 Å². The van der Waals surface area contributed by atoms with E-state index in [4.69, 9.17) is 4.74 Å². The summed E-state index contributed by atoms with van der Waals surface area (Å²) < 4.78 is 18.0. The predicted octanol–water partition coefficient (Wildman–Crippen LogP) is 2.37. The molecule has 1 heterocycles. The minimum Gasteiger partial charge on any atom is -0.384 e. The third-order valence-corrected chi connectivity index (χ3v) is 3.54. The Labute approximate surface area is 113 Å². The maximum Gasteiger partial charge on any atom is 0.176 e. The average Bonchev–Trinajstić information content (AvgIpc) is 2.40. The van der Waals surface area contributed by atoms with Crippen molar-refractivity contribution in [1.29, 1.82) is 0 Å². The zero-order valence-corrected chi connectivity index (χ0v) is 11.3. The number of ketones is 1. The number of Topliss-reactive ketones (excluding diaryl/α,β-unsaturated/α-hetero) is 1. The minimum absolute atomic E-state index is 0.0538. The number of likely N-dealkylation sites (tertiary alicyclic amines) is 1. The van der Waals surface area contributed by atoms with E-state index in [2.05, 4.69) is 4.90 Å². The summed E-state index contributed by atoms with van der Waals surface area (Å²) in [6.07, 6.45) is 2.26. The molecule has 0 N–H and O–H groups in total. The van der Waals surface area contributed by atoms with Gasteiger partial charge < -0.3 is 4.74 Å². The number of methoxy groups -OCH3 is 1. The van der Waals surface area contributed by atoms with Crippen molar-refractivity contribution >= 4 is 5.78 Å². The van der Waals surface area contributed by atoms with Crippen LogP contribution in [0.4, 0.5) is 4.39 Å². The maximum absolute atomic E-state index is 12.8. The molecular formula is C15H20FNO2. The van der Waals surface area contributed by atoms with Gasteiger partial charge in [0, 0.05) is 19.2 Å². The minimum atomic E-state index is -0.310. The maximum atomic E-state index is 12.8. The van der Waals surface area contributed by atoms with E-state index in [-0.39, 0.29) is 11.6 Å². The molecule has 0 amide bonds. The van der Waals surface area contributed by atoms with Gasteiger partial charge in [0.05, 0.1) is 13.2 Å². The molecule has 1 atom stereocenters. The van der Waals surface area contributed by atoms with Crippen molar-refractivity contribution in [3.8, 4) is 0 Å². The predicted molar refractivity (Wildman–Crippen MR) is 71.8 cm³/mol. The number of ether oxygens (including phenoxy) is 1. The van der Waals surface area contributed by atoms with Crippen LogP contribution in [0.5, 0.6) is 0 Å². The number of carbonyl (C=O) groups excluding carboxylic acids is 1. The highest BCUT2D eigenvalue weighted by atomic mass is 19.1. The highest BCUT2D eigenvalue weighted by Crippen LogP contribution is 2.17. The lowest BCUT2D eigenvalue weighted by Crippen LogP contribution is -2.40. The van der Waals surface area contributed by atoms with Crippen LogP contribution < -0.4 is 0 Å². The number of halogens is 1. The molecule has 104 valence electrons. The third kappa shape index (κ3) is 4.11. The summed E-state index contributed by atoms with van der Waals surface area (Å²) in [5.41, 5.74) is 0.579. The normalized spacial score (nSPS) is 20.4. The average molecular weight is 265 g/mol. The number of rotatable bonds is 5. The lowest BCUT2D eigenvalue weighted by Gasteiger charge is -2.31. The molecule has 1 fully saturated rings. The molecule has 0 spiro atoms. The number of benzene rings is 1. The highest BCUT2D eigenvalue weighted by Gasteiger charge is 2.21. The van der Waals surface area contributed by atoms with Crippen LogP contribution in [0.1, 0.15) is 23.2 Å². The van der Waals surface area contributed by atoms with Gasteiger partial charge in [-0.05, 0) is 49.6 Å². The molecule has 1 unspecified atom stereocenters. The molecule has 3 nitrogen and oxygen atoms in total. The van der Waals surface area contributed by atoms with Crippen molar-refractivity contribution in [2.75, 3.05) is 33.4 Å². The van der Waals surface area contributed by atoms with Gasteiger partial charge in [0.2, 0.25) is 0 Å². The van der Waals surface area contributed by atoms with Gasteiger partial charge >= 0.3 is 0 Å². The molecule has 0 saturated carbocycles. The summed E-state index contributed by atoms with van der Waals surface area (Å²) in [4.78, 5) is 14.3. The molecule has 0 radical (unpaired) electrons. The first-order valence-corrected chi connectivity index (χ1v) is 6.69. The zero-order chi connectivity index (χ0) is 13.7. The van der Waals surface area contributed by atoms with Crippen molar-refractivity contribution in [1.82, 2.24) is 4.90 Å². The van der Waals surface area contributed by atoms with Gasteiger partial charge in [-0.3, -0.25) is 9.69 Å². The van der Waals surface area contributed by atoms with E-state index in [9.17, 15) is 9.18 Å². The van der Waals surface area contributed by atoms with Gasteiger partial charge in [0.25, 0.3) is 0 Å². The molecule has 1 saturated heterocycles. The second kappa shape index (κ2) is 6.78. The van der Waals surface area contributed by atoms with Crippen LogP contribution in [0.2, 0.25) is 0 Å². The van der Waals surface area contributed by atoms with E-state index in [0.29, 0.717) is 18.0 Å².